The molecule has 1 nitrogen and oxygen atoms in total. The van der Waals surface area contributed by atoms with Gasteiger partial charge in [-0.05, 0) is 61.8 Å². The van der Waals surface area contributed by atoms with Crippen molar-refractivity contribution in [2.24, 2.45) is 0 Å². The molecule has 10 rings (SSSR count). The number of hydrogen-bond donors (Lipinski definition) is 0. The van der Waals surface area contributed by atoms with E-state index in [1.165, 1.54) is 75.6 Å². The lowest BCUT2D eigenvalue weighted by Gasteiger charge is -2.30. The maximum absolute atomic E-state index is 5.37. The predicted molar refractivity (Wildman–Crippen MR) is 176 cm³/mol. The fourth-order valence-corrected chi connectivity index (χ4v) is 9.16. The maximum Gasteiger partial charge on any atom is 0.0787 e. The number of benzene rings is 6. The van der Waals surface area contributed by atoms with Crippen LogP contribution in [0.5, 0.6) is 0 Å². The van der Waals surface area contributed by atoms with Crippen molar-refractivity contribution in [1.29, 1.82) is 0 Å². The summed E-state index contributed by atoms with van der Waals surface area (Å²) in [5, 5.41) is 4.94. The van der Waals surface area contributed by atoms with Crippen LogP contribution in [0.2, 0.25) is 0 Å². The Balaban J connectivity index is 1.34. The van der Waals surface area contributed by atoms with Crippen LogP contribution < -0.4 is 0 Å². The Kier molecular flexibility index (Phi) is 4.32. The minimum Gasteiger partial charge on any atom is -0.247 e. The summed E-state index contributed by atoms with van der Waals surface area (Å²) in [4.78, 5) is 6.77. The highest BCUT2D eigenvalue weighted by Gasteiger charge is 2.53. The largest absolute Gasteiger partial charge is 0.247 e. The normalized spacial score (nSPS) is 16.2. The van der Waals surface area contributed by atoms with Gasteiger partial charge in [-0.25, -0.2) is 4.98 Å². The molecule has 1 atom stereocenters. The summed E-state index contributed by atoms with van der Waals surface area (Å²) in [7, 11) is 0. The van der Waals surface area contributed by atoms with E-state index in [0.717, 1.165) is 11.2 Å². The minimum absolute atomic E-state index is 0.364. The van der Waals surface area contributed by atoms with Crippen LogP contribution in [0.1, 0.15) is 22.3 Å². The maximum atomic E-state index is 5.37. The van der Waals surface area contributed by atoms with Gasteiger partial charge in [0.2, 0.25) is 0 Å². The van der Waals surface area contributed by atoms with Gasteiger partial charge in [0.25, 0.3) is 0 Å². The molecule has 0 bridgehead atoms. The van der Waals surface area contributed by atoms with Crippen LogP contribution in [-0.4, -0.2) is 4.98 Å². The molecule has 2 aliphatic rings. The number of nitrogens with zero attached hydrogens (tertiary/aromatic N) is 1. The second-order valence-electron chi connectivity index (χ2n) is 11.4. The summed E-state index contributed by atoms with van der Waals surface area (Å²) in [6.07, 6.45) is 0. The van der Waals surface area contributed by atoms with E-state index >= 15 is 0 Å². The Morgan fingerprint density at radius 3 is 2.02 bits per heavy atom. The van der Waals surface area contributed by atoms with Gasteiger partial charge in [0.1, 0.15) is 0 Å². The van der Waals surface area contributed by atoms with Crippen LogP contribution in [-0.2, 0) is 5.41 Å². The number of pyridine rings is 1. The van der Waals surface area contributed by atoms with Gasteiger partial charge in [-0.3, -0.25) is 0 Å². The average molecular weight is 550 g/mol. The van der Waals surface area contributed by atoms with Crippen LogP contribution in [0, 0.1) is 0 Å². The van der Waals surface area contributed by atoms with Crippen LogP contribution in [0.4, 0.5) is 0 Å². The van der Waals surface area contributed by atoms with E-state index in [0.29, 0.717) is 0 Å². The van der Waals surface area contributed by atoms with E-state index in [1.807, 2.05) is 11.3 Å². The van der Waals surface area contributed by atoms with Crippen molar-refractivity contribution >= 4 is 43.1 Å². The topological polar surface area (TPSA) is 12.9 Å². The van der Waals surface area contributed by atoms with Gasteiger partial charge in [0.05, 0.1) is 16.6 Å². The van der Waals surface area contributed by atoms with Crippen molar-refractivity contribution in [1.82, 2.24) is 4.98 Å². The van der Waals surface area contributed by atoms with Gasteiger partial charge < -0.3 is 0 Å². The van der Waals surface area contributed by atoms with Crippen molar-refractivity contribution < 1.29 is 0 Å². The quantitative estimate of drug-likeness (QED) is 0.186. The Bertz CT molecular complexity index is 2430. The molecule has 0 fully saturated rings. The summed E-state index contributed by atoms with van der Waals surface area (Å²) in [5.41, 5.74) is 12.4. The van der Waals surface area contributed by atoms with E-state index in [1.54, 1.807) is 0 Å². The Hall–Kier alpha value is -5.05. The lowest BCUT2D eigenvalue weighted by Crippen LogP contribution is -2.25. The number of rotatable bonds is 1. The molecule has 1 spiro atoms. The second kappa shape index (κ2) is 8.03. The number of fused-ring (bicyclic) bond motifs is 15. The molecule has 0 aliphatic heterocycles. The monoisotopic (exact) mass is 549 g/mol. The summed E-state index contributed by atoms with van der Waals surface area (Å²) < 4.78 is 1.35. The molecule has 2 aromatic heterocycles. The van der Waals surface area contributed by atoms with Crippen molar-refractivity contribution in [3.63, 3.8) is 0 Å². The summed E-state index contributed by atoms with van der Waals surface area (Å²) >= 11 is 1.93. The van der Waals surface area contributed by atoms with Crippen LogP contribution in [0.25, 0.3) is 64.6 Å². The molecular formula is C40H23NS. The zero-order chi connectivity index (χ0) is 27.4. The fraction of sp³-hybridized carbons (Fsp3) is 0.0250. The third-order valence-corrected chi connectivity index (χ3v) is 10.7. The lowest BCUT2D eigenvalue weighted by atomic mass is 9.70. The van der Waals surface area contributed by atoms with Crippen molar-refractivity contribution in [2.45, 2.75) is 5.41 Å². The molecule has 0 N–H and O–H groups in total. The smallest absolute Gasteiger partial charge is 0.0787 e. The number of hydrogen-bond acceptors (Lipinski definition) is 2. The Morgan fingerprint density at radius 1 is 0.476 bits per heavy atom. The molecule has 1 unspecified atom stereocenters. The van der Waals surface area contributed by atoms with E-state index in [2.05, 4.69) is 140 Å². The van der Waals surface area contributed by atoms with Crippen molar-refractivity contribution in [3.8, 4) is 32.8 Å². The van der Waals surface area contributed by atoms with E-state index in [-0.39, 0.29) is 5.41 Å². The first kappa shape index (κ1) is 22.6. The Morgan fingerprint density at radius 2 is 1.12 bits per heavy atom. The molecule has 0 saturated heterocycles. The number of aromatic nitrogens is 1. The van der Waals surface area contributed by atoms with Gasteiger partial charge in [-0.15, -0.1) is 11.3 Å². The first-order valence-electron chi connectivity index (χ1n) is 14.5. The number of thiophene rings is 1. The molecule has 0 amide bonds. The molecule has 2 aliphatic carbocycles. The third kappa shape index (κ3) is 2.66. The molecule has 2 heterocycles. The molecule has 2 heteroatoms. The van der Waals surface area contributed by atoms with Crippen LogP contribution >= 0.6 is 11.3 Å². The summed E-state index contributed by atoms with van der Waals surface area (Å²) in [6.45, 7) is 0. The van der Waals surface area contributed by atoms with Gasteiger partial charge in [0.15, 0.2) is 0 Å². The van der Waals surface area contributed by atoms with Crippen molar-refractivity contribution in [2.75, 3.05) is 0 Å². The third-order valence-electron chi connectivity index (χ3n) is 9.48. The molecule has 194 valence electrons. The van der Waals surface area contributed by atoms with E-state index < -0.39 is 0 Å². The zero-order valence-corrected chi connectivity index (χ0v) is 23.5. The highest BCUT2D eigenvalue weighted by atomic mass is 32.1. The SMILES string of the molecule is c1ccc2c(c1)-c1sc3ccccc3c1C21c2ccccc2-c2c(-c3ccc4ccc5ccccc5c4n3)cccc21. The van der Waals surface area contributed by atoms with Gasteiger partial charge in [-0.1, -0.05) is 127 Å². The van der Waals surface area contributed by atoms with Crippen LogP contribution in [0.15, 0.2) is 140 Å². The van der Waals surface area contributed by atoms with Crippen LogP contribution in [0.3, 0.4) is 0 Å². The van der Waals surface area contributed by atoms with Crippen molar-refractivity contribution in [3.05, 3.63) is 162 Å². The molecule has 8 aromatic rings. The van der Waals surface area contributed by atoms with E-state index in [9.17, 15) is 0 Å². The predicted octanol–water partition coefficient (Wildman–Crippen LogP) is 10.6. The highest BCUT2D eigenvalue weighted by Crippen LogP contribution is 2.66. The molecular weight excluding hydrogens is 527 g/mol. The minimum atomic E-state index is -0.364. The van der Waals surface area contributed by atoms with E-state index in [4.69, 9.17) is 4.98 Å². The molecule has 0 saturated carbocycles. The first-order chi connectivity index (χ1) is 20.8. The molecule has 6 aromatic carbocycles. The summed E-state index contributed by atoms with van der Waals surface area (Å²) in [6, 6.07) is 51.3. The standard InChI is InChI=1S/C40H23NS/c1-2-11-26-24(10-1)20-21-25-22-23-34(41-38(25)26)29-15-9-18-33-36(29)27-12-3-6-16-31(27)40(33)32-17-7-4-13-28(32)39-37(40)30-14-5-8-19-35(30)42-39/h1-23H. The van der Waals surface area contributed by atoms with Gasteiger partial charge in [-0.2, -0.15) is 0 Å². The average Bonchev–Trinajstić information content (AvgIpc) is 3.68. The highest BCUT2D eigenvalue weighted by molar-refractivity contribution is 7.22. The second-order valence-corrected chi connectivity index (χ2v) is 12.5. The zero-order valence-electron chi connectivity index (χ0n) is 22.6. The summed E-state index contributed by atoms with van der Waals surface area (Å²) in [5.74, 6) is 0. The lowest BCUT2D eigenvalue weighted by molar-refractivity contribution is 0.803. The van der Waals surface area contributed by atoms with Gasteiger partial charge in [0, 0.05) is 25.9 Å². The Labute approximate surface area is 247 Å². The first-order valence-corrected chi connectivity index (χ1v) is 15.3. The molecule has 42 heavy (non-hydrogen) atoms. The molecule has 0 radical (unpaired) electrons. The van der Waals surface area contributed by atoms with Gasteiger partial charge >= 0.3 is 0 Å². The fourth-order valence-electron chi connectivity index (χ4n) is 7.86.